The molecule has 0 heterocycles. The number of hydrogen-bond donors (Lipinski definition) is 2. The Morgan fingerprint density at radius 2 is 1.93 bits per heavy atom. The lowest BCUT2D eigenvalue weighted by molar-refractivity contribution is -0.118. The van der Waals surface area contributed by atoms with Crippen molar-refractivity contribution in [2.75, 3.05) is 0 Å². The molecule has 0 aliphatic rings. The molecular formula is C8H9NO4P. The summed E-state index contributed by atoms with van der Waals surface area (Å²) in [4.78, 5) is 28.3. The number of carbonyl (C=O) groups excluding carboxylic acids is 1. The van der Waals surface area contributed by atoms with Crippen LogP contribution in [-0.4, -0.2) is 15.7 Å². The van der Waals surface area contributed by atoms with Crippen molar-refractivity contribution in [1.82, 2.24) is 5.73 Å². The SMILES string of the molecule is [NH]C(=O)Cc1ccccc1P(=O)(O)O. The first-order valence-corrected chi connectivity index (χ1v) is 5.41. The van der Waals surface area contributed by atoms with Gasteiger partial charge in [-0.1, -0.05) is 18.2 Å². The Balaban J connectivity index is 3.16. The average molecular weight is 214 g/mol. The lowest BCUT2D eigenvalue weighted by atomic mass is 10.1. The number of nitrogens with one attached hydrogen (secondary N) is 1. The first kappa shape index (κ1) is 10.9. The smallest absolute Gasteiger partial charge is 0.321 e. The molecule has 0 unspecified atom stereocenters. The van der Waals surface area contributed by atoms with E-state index in [0.717, 1.165) is 0 Å². The Bertz CT molecular complexity index is 398. The van der Waals surface area contributed by atoms with E-state index >= 15 is 0 Å². The summed E-state index contributed by atoms with van der Waals surface area (Å²) in [5.74, 6) is -0.870. The van der Waals surface area contributed by atoms with Crippen molar-refractivity contribution in [2.24, 2.45) is 0 Å². The van der Waals surface area contributed by atoms with Crippen molar-refractivity contribution in [1.29, 1.82) is 0 Å². The summed E-state index contributed by atoms with van der Waals surface area (Å²) in [6, 6.07) is 5.74. The molecule has 0 saturated carbocycles. The zero-order chi connectivity index (χ0) is 10.8. The van der Waals surface area contributed by atoms with Crippen LogP contribution in [0.3, 0.4) is 0 Å². The number of amides is 1. The lowest BCUT2D eigenvalue weighted by Crippen LogP contribution is -2.15. The van der Waals surface area contributed by atoms with E-state index < -0.39 is 13.5 Å². The van der Waals surface area contributed by atoms with Crippen molar-refractivity contribution in [2.45, 2.75) is 6.42 Å². The quantitative estimate of drug-likeness (QED) is 0.683. The van der Waals surface area contributed by atoms with Gasteiger partial charge in [-0.2, -0.15) is 0 Å². The molecule has 0 aliphatic heterocycles. The third kappa shape index (κ3) is 2.67. The highest BCUT2D eigenvalue weighted by Crippen LogP contribution is 2.34. The Labute approximate surface area is 80.7 Å². The van der Waals surface area contributed by atoms with Crippen LogP contribution in [0, 0.1) is 0 Å². The number of rotatable bonds is 3. The summed E-state index contributed by atoms with van der Waals surface area (Å²) < 4.78 is 11.0. The highest BCUT2D eigenvalue weighted by Gasteiger charge is 2.21. The van der Waals surface area contributed by atoms with Crippen molar-refractivity contribution in [3.05, 3.63) is 29.8 Å². The highest BCUT2D eigenvalue weighted by atomic mass is 31.2. The van der Waals surface area contributed by atoms with E-state index in [-0.39, 0.29) is 17.3 Å². The molecule has 3 N–H and O–H groups in total. The van der Waals surface area contributed by atoms with Gasteiger partial charge in [-0.05, 0) is 11.6 Å². The molecule has 14 heavy (non-hydrogen) atoms. The van der Waals surface area contributed by atoms with Crippen LogP contribution in [0.5, 0.6) is 0 Å². The molecule has 0 aromatic heterocycles. The minimum absolute atomic E-state index is 0.180. The van der Waals surface area contributed by atoms with E-state index in [1.807, 2.05) is 0 Å². The molecule has 1 amide bonds. The number of carbonyl (C=O) groups is 1. The molecule has 1 rings (SSSR count). The van der Waals surface area contributed by atoms with Gasteiger partial charge >= 0.3 is 7.60 Å². The van der Waals surface area contributed by atoms with Crippen LogP contribution in [0.4, 0.5) is 0 Å². The fourth-order valence-corrected chi connectivity index (χ4v) is 1.93. The monoisotopic (exact) mass is 214 g/mol. The van der Waals surface area contributed by atoms with Gasteiger partial charge in [0.25, 0.3) is 0 Å². The molecule has 0 saturated heterocycles. The first-order chi connectivity index (χ1) is 6.41. The molecule has 0 bridgehead atoms. The van der Waals surface area contributed by atoms with Gasteiger partial charge in [0.2, 0.25) is 5.91 Å². The van der Waals surface area contributed by atoms with E-state index in [9.17, 15) is 9.36 Å². The zero-order valence-electron chi connectivity index (χ0n) is 7.17. The van der Waals surface area contributed by atoms with E-state index in [1.54, 1.807) is 6.07 Å². The summed E-state index contributed by atoms with van der Waals surface area (Å²) in [5, 5.41) is -0.180. The molecule has 0 fully saturated rings. The molecule has 5 nitrogen and oxygen atoms in total. The van der Waals surface area contributed by atoms with Gasteiger partial charge in [0.15, 0.2) is 0 Å². The number of benzene rings is 1. The summed E-state index contributed by atoms with van der Waals surface area (Å²) in [6.07, 6.45) is -0.277. The third-order valence-corrected chi connectivity index (χ3v) is 2.72. The standard InChI is InChI=1S/C8H9NO4P/c9-8(10)5-6-3-1-2-4-7(6)14(11,12)13/h1-4,9H,5H2,(H2,11,12,13). The molecule has 1 aromatic carbocycles. The van der Waals surface area contributed by atoms with Gasteiger partial charge in [-0.15, -0.1) is 0 Å². The van der Waals surface area contributed by atoms with Crippen LogP contribution in [-0.2, 0) is 15.8 Å². The zero-order valence-corrected chi connectivity index (χ0v) is 8.07. The Hall–Kier alpha value is -1.16. The lowest BCUT2D eigenvalue weighted by Gasteiger charge is -2.08. The maximum atomic E-state index is 11.0. The predicted octanol–water partition coefficient (Wildman–Crippen LogP) is -0.158. The number of hydrogen-bond acceptors (Lipinski definition) is 2. The predicted molar refractivity (Wildman–Crippen MR) is 49.9 cm³/mol. The molecule has 75 valence electrons. The third-order valence-electron chi connectivity index (χ3n) is 1.66. The molecule has 0 atom stereocenters. The van der Waals surface area contributed by atoms with E-state index in [0.29, 0.717) is 0 Å². The van der Waals surface area contributed by atoms with E-state index in [4.69, 9.17) is 15.5 Å². The van der Waals surface area contributed by atoms with Crippen LogP contribution in [0.25, 0.3) is 0 Å². The Kier molecular flexibility index (Phi) is 3.06. The summed E-state index contributed by atoms with van der Waals surface area (Å²) >= 11 is 0. The normalized spacial score (nSPS) is 11.3. The van der Waals surface area contributed by atoms with Crippen LogP contribution < -0.4 is 11.0 Å². The van der Waals surface area contributed by atoms with Gasteiger partial charge in [0.05, 0.1) is 11.7 Å². The molecule has 1 radical (unpaired) electrons. The summed E-state index contributed by atoms with van der Waals surface area (Å²) in [5.41, 5.74) is 6.93. The largest absolute Gasteiger partial charge is 0.356 e. The van der Waals surface area contributed by atoms with Gasteiger partial charge in [0, 0.05) is 0 Å². The molecular weight excluding hydrogens is 205 g/mol. The first-order valence-electron chi connectivity index (χ1n) is 3.79. The van der Waals surface area contributed by atoms with Gasteiger partial charge in [-0.3, -0.25) is 15.1 Å². The topological polar surface area (TPSA) is 98.4 Å². The van der Waals surface area contributed by atoms with E-state index in [1.165, 1.54) is 18.2 Å². The summed E-state index contributed by atoms with van der Waals surface area (Å²) in [7, 11) is -4.35. The van der Waals surface area contributed by atoms with Gasteiger partial charge < -0.3 is 9.79 Å². The van der Waals surface area contributed by atoms with E-state index in [2.05, 4.69) is 0 Å². The average Bonchev–Trinajstić information content (AvgIpc) is 2.01. The maximum absolute atomic E-state index is 11.0. The molecule has 0 spiro atoms. The summed E-state index contributed by atoms with van der Waals surface area (Å²) in [6.45, 7) is 0. The molecule has 1 aromatic rings. The Morgan fingerprint density at radius 1 is 1.36 bits per heavy atom. The van der Waals surface area contributed by atoms with Crippen LogP contribution in [0.15, 0.2) is 24.3 Å². The second-order valence-corrected chi connectivity index (χ2v) is 4.34. The van der Waals surface area contributed by atoms with Gasteiger partial charge in [0.1, 0.15) is 0 Å². The fourth-order valence-electron chi connectivity index (χ4n) is 1.12. The minimum Gasteiger partial charge on any atom is -0.321 e. The van der Waals surface area contributed by atoms with Crippen molar-refractivity contribution < 1.29 is 19.1 Å². The van der Waals surface area contributed by atoms with Crippen LogP contribution >= 0.6 is 7.60 Å². The maximum Gasteiger partial charge on any atom is 0.356 e. The second kappa shape index (κ2) is 3.92. The van der Waals surface area contributed by atoms with Crippen molar-refractivity contribution >= 4 is 18.8 Å². The minimum atomic E-state index is -4.35. The molecule has 0 aliphatic carbocycles. The van der Waals surface area contributed by atoms with Crippen molar-refractivity contribution in [3.8, 4) is 0 Å². The second-order valence-electron chi connectivity index (χ2n) is 2.77. The fraction of sp³-hybridized carbons (Fsp3) is 0.125. The van der Waals surface area contributed by atoms with Crippen LogP contribution in [0.1, 0.15) is 5.56 Å². The Morgan fingerprint density at radius 3 is 2.43 bits per heavy atom. The van der Waals surface area contributed by atoms with Gasteiger partial charge in [-0.25, -0.2) is 0 Å². The highest BCUT2D eigenvalue weighted by molar-refractivity contribution is 7.60. The van der Waals surface area contributed by atoms with Crippen molar-refractivity contribution in [3.63, 3.8) is 0 Å². The van der Waals surface area contributed by atoms with Crippen LogP contribution in [0.2, 0.25) is 0 Å². The molecule has 6 heteroatoms.